The smallest absolute Gasteiger partial charge is 0.241 e. The summed E-state index contributed by atoms with van der Waals surface area (Å²) in [6.45, 7) is 5.67. The zero-order chi connectivity index (χ0) is 15.2. The number of piperidine rings is 1. The van der Waals surface area contributed by atoms with Crippen molar-refractivity contribution in [1.29, 1.82) is 0 Å². The lowest BCUT2D eigenvalue weighted by atomic mass is 9.92. The van der Waals surface area contributed by atoms with Gasteiger partial charge in [-0.25, -0.2) is 0 Å². The maximum absolute atomic E-state index is 12.3. The highest BCUT2D eigenvalue weighted by Crippen LogP contribution is 2.28. The first kappa shape index (κ1) is 16.1. The molecule has 1 fully saturated rings. The maximum Gasteiger partial charge on any atom is 0.241 e. The molecule has 0 aliphatic carbocycles. The quantitative estimate of drug-likeness (QED) is 0.875. The number of hydrogen-bond donors (Lipinski definition) is 2. The van der Waals surface area contributed by atoms with Crippen molar-refractivity contribution in [3.05, 3.63) is 23.2 Å². The van der Waals surface area contributed by atoms with Crippen LogP contribution in [-0.4, -0.2) is 25.1 Å². The van der Waals surface area contributed by atoms with Gasteiger partial charge in [-0.2, -0.15) is 0 Å². The van der Waals surface area contributed by atoms with Crippen molar-refractivity contribution in [3.63, 3.8) is 0 Å². The maximum atomic E-state index is 12.3. The molecular weight excluding hydrogens is 288 g/mol. The van der Waals surface area contributed by atoms with Crippen LogP contribution in [0.3, 0.4) is 0 Å². The molecule has 1 saturated heterocycles. The Morgan fingerprint density at radius 2 is 2.33 bits per heavy atom. The minimum Gasteiger partial charge on any atom is -0.492 e. The van der Waals surface area contributed by atoms with Crippen molar-refractivity contribution in [1.82, 2.24) is 5.32 Å². The van der Waals surface area contributed by atoms with Gasteiger partial charge in [0.25, 0.3) is 0 Å². The molecular formula is C16H23ClN2O2. The van der Waals surface area contributed by atoms with Crippen molar-refractivity contribution in [3.8, 4) is 5.75 Å². The average molecular weight is 311 g/mol. The molecule has 0 spiro atoms. The molecule has 0 saturated carbocycles. The third-order valence-electron chi connectivity index (χ3n) is 3.71. The summed E-state index contributed by atoms with van der Waals surface area (Å²) in [6, 6.07) is 5.22. The van der Waals surface area contributed by atoms with Gasteiger partial charge in [-0.05, 0) is 49.9 Å². The molecule has 1 amide bonds. The SMILES string of the molecule is CCCOc1ccc(NC(=O)C2NCCCC2C)cc1Cl. The van der Waals surface area contributed by atoms with Gasteiger partial charge >= 0.3 is 0 Å². The van der Waals surface area contributed by atoms with E-state index in [0.29, 0.717) is 29.0 Å². The summed E-state index contributed by atoms with van der Waals surface area (Å²) >= 11 is 6.17. The van der Waals surface area contributed by atoms with E-state index in [-0.39, 0.29) is 11.9 Å². The molecule has 5 heteroatoms. The fourth-order valence-corrected chi connectivity index (χ4v) is 2.76. The van der Waals surface area contributed by atoms with Crippen LogP contribution < -0.4 is 15.4 Å². The van der Waals surface area contributed by atoms with Crippen LogP contribution >= 0.6 is 11.6 Å². The Morgan fingerprint density at radius 3 is 3.00 bits per heavy atom. The molecule has 1 aromatic carbocycles. The number of carbonyl (C=O) groups is 1. The van der Waals surface area contributed by atoms with Gasteiger partial charge in [0.1, 0.15) is 5.75 Å². The van der Waals surface area contributed by atoms with E-state index < -0.39 is 0 Å². The number of hydrogen-bond acceptors (Lipinski definition) is 3. The molecule has 2 N–H and O–H groups in total. The number of halogens is 1. The second-order valence-corrected chi connectivity index (χ2v) is 5.94. The summed E-state index contributed by atoms with van der Waals surface area (Å²) in [6.07, 6.45) is 3.13. The van der Waals surface area contributed by atoms with E-state index in [0.717, 1.165) is 25.8 Å². The molecule has 1 aliphatic rings. The summed E-state index contributed by atoms with van der Waals surface area (Å²) in [5.74, 6) is 1.00. The number of nitrogens with one attached hydrogen (secondary N) is 2. The summed E-state index contributed by atoms with van der Waals surface area (Å²) in [5, 5.41) is 6.72. The molecule has 116 valence electrons. The van der Waals surface area contributed by atoms with E-state index in [2.05, 4.69) is 17.6 Å². The van der Waals surface area contributed by atoms with Gasteiger partial charge in [-0.15, -0.1) is 0 Å². The van der Waals surface area contributed by atoms with Crippen LogP contribution in [0.25, 0.3) is 0 Å². The molecule has 1 heterocycles. The van der Waals surface area contributed by atoms with Gasteiger partial charge < -0.3 is 15.4 Å². The van der Waals surface area contributed by atoms with E-state index in [9.17, 15) is 4.79 Å². The third kappa shape index (κ3) is 4.35. The number of benzene rings is 1. The lowest BCUT2D eigenvalue weighted by molar-refractivity contribution is -0.119. The lowest BCUT2D eigenvalue weighted by Crippen LogP contribution is -2.48. The molecule has 4 nitrogen and oxygen atoms in total. The van der Waals surface area contributed by atoms with E-state index in [1.807, 2.05) is 13.0 Å². The van der Waals surface area contributed by atoms with Crippen molar-refractivity contribution in [2.24, 2.45) is 5.92 Å². The highest BCUT2D eigenvalue weighted by Gasteiger charge is 2.27. The van der Waals surface area contributed by atoms with Gasteiger partial charge in [0.05, 0.1) is 17.7 Å². The van der Waals surface area contributed by atoms with Crippen LogP contribution in [0.2, 0.25) is 5.02 Å². The Morgan fingerprint density at radius 1 is 1.52 bits per heavy atom. The van der Waals surface area contributed by atoms with Gasteiger partial charge in [-0.1, -0.05) is 25.4 Å². The highest BCUT2D eigenvalue weighted by atomic mass is 35.5. The lowest BCUT2D eigenvalue weighted by Gasteiger charge is -2.29. The molecule has 2 atom stereocenters. The van der Waals surface area contributed by atoms with Gasteiger partial charge in [0.2, 0.25) is 5.91 Å². The predicted molar refractivity (Wildman–Crippen MR) is 86.1 cm³/mol. The molecule has 0 bridgehead atoms. The number of ether oxygens (including phenoxy) is 1. The van der Waals surface area contributed by atoms with Crippen molar-refractivity contribution >= 4 is 23.2 Å². The second-order valence-electron chi connectivity index (χ2n) is 5.53. The van der Waals surface area contributed by atoms with Crippen LogP contribution in [0.4, 0.5) is 5.69 Å². The van der Waals surface area contributed by atoms with Gasteiger partial charge in [0, 0.05) is 5.69 Å². The van der Waals surface area contributed by atoms with E-state index in [4.69, 9.17) is 16.3 Å². The minimum atomic E-state index is -0.131. The van der Waals surface area contributed by atoms with Crippen LogP contribution in [0.15, 0.2) is 18.2 Å². The summed E-state index contributed by atoms with van der Waals surface area (Å²) in [7, 11) is 0. The van der Waals surface area contributed by atoms with Gasteiger partial charge in [0.15, 0.2) is 0 Å². The van der Waals surface area contributed by atoms with Crippen LogP contribution in [0.1, 0.15) is 33.1 Å². The number of carbonyl (C=O) groups excluding carboxylic acids is 1. The molecule has 1 aromatic rings. The van der Waals surface area contributed by atoms with Crippen molar-refractivity contribution in [2.75, 3.05) is 18.5 Å². The fraction of sp³-hybridized carbons (Fsp3) is 0.562. The average Bonchev–Trinajstić information content (AvgIpc) is 2.47. The fourth-order valence-electron chi connectivity index (χ4n) is 2.53. The van der Waals surface area contributed by atoms with Crippen LogP contribution in [-0.2, 0) is 4.79 Å². The normalized spacial score (nSPS) is 21.9. The first-order valence-electron chi connectivity index (χ1n) is 7.58. The standard InChI is InChI=1S/C16H23ClN2O2/c1-3-9-21-14-7-6-12(10-13(14)17)19-16(20)15-11(2)5-4-8-18-15/h6-7,10-11,15,18H,3-5,8-9H2,1-2H3,(H,19,20). The van der Waals surface area contributed by atoms with E-state index in [1.54, 1.807) is 12.1 Å². The van der Waals surface area contributed by atoms with Crippen molar-refractivity contribution in [2.45, 2.75) is 39.2 Å². The molecule has 0 aromatic heterocycles. The molecule has 1 aliphatic heterocycles. The van der Waals surface area contributed by atoms with Gasteiger partial charge in [-0.3, -0.25) is 4.79 Å². The van der Waals surface area contributed by atoms with Crippen molar-refractivity contribution < 1.29 is 9.53 Å². The number of rotatable bonds is 5. The van der Waals surface area contributed by atoms with Crippen LogP contribution in [0.5, 0.6) is 5.75 Å². The Labute approximate surface area is 131 Å². The molecule has 2 rings (SSSR count). The molecule has 21 heavy (non-hydrogen) atoms. The zero-order valence-corrected chi connectivity index (χ0v) is 13.4. The first-order valence-corrected chi connectivity index (χ1v) is 7.96. The molecule has 0 radical (unpaired) electrons. The Kier molecular flexibility index (Phi) is 5.88. The number of amides is 1. The summed E-state index contributed by atoms with van der Waals surface area (Å²) in [4.78, 5) is 12.3. The topological polar surface area (TPSA) is 50.4 Å². The summed E-state index contributed by atoms with van der Waals surface area (Å²) < 4.78 is 5.52. The Bertz CT molecular complexity index is 493. The molecule has 2 unspecified atom stereocenters. The monoisotopic (exact) mass is 310 g/mol. The first-order chi connectivity index (χ1) is 10.1. The summed E-state index contributed by atoms with van der Waals surface area (Å²) in [5.41, 5.74) is 0.702. The van der Waals surface area contributed by atoms with E-state index in [1.165, 1.54) is 0 Å². The highest BCUT2D eigenvalue weighted by molar-refractivity contribution is 6.32. The Balaban J connectivity index is 1.99. The third-order valence-corrected chi connectivity index (χ3v) is 4.01. The minimum absolute atomic E-state index is 0.000457. The Hall–Kier alpha value is -1.26. The second kappa shape index (κ2) is 7.66. The predicted octanol–water partition coefficient (Wildman–Crippen LogP) is 3.46. The largest absolute Gasteiger partial charge is 0.492 e. The van der Waals surface area contributed by atoms with Crippen LogP contribution in [0, 0.1) is 5.92 Å². The zero-order valence-electron chi connectivity index (χ0n) is 12.6. The van der Waals surface area contributed by atoms with E-state index >= 15 is 0 Å². The number of anilines is 1.